The Kier molecular flexibility index (Phi) is 5.53. The van der Waals surface area contributed by atoms with E-state index in [1.807, 2.05) is 42.5 Å². The number of rotatable bonds is 5. The Labute approximate surface area is 204 Å². The molecule has 6 nitrogen and oxygen atoms in total. The second kappa shape index (κ2) is 8.86. The maximum atomic E-state index is 13.4. The average molecular weight is 468 g/mol. The summed E-state index contributed by atoms with van der Waals surface area (Å²) in [6.07, 6.45) is 1.32. The summed E-state index contributed by atoms with van der Waals surface area (Å²) in [5.41, 5.74) is 3.17. The second-order valence-electron chi connectivity index (χ2n) is 9.54. The van der Waals surface area contributed by atoms with Crippen molar-refractivity contribution in [2.24, 2.45) is 0 Å². The Hall–Kier alpha value is -3.64. The molecule has 1 N–H and O–H groups in total. The van der Waals surface area contributed by atoms with E-state index in [0.717, 1.165) is 46.0 Å². The van der Waals surface area contributed by atoms with Crippen LogP contribution in [0.2, 0.25) is 0 Å². The maximum absolute atomic E-state index is 13.4. The predicted molar refractivity (Wildman–Crippen MR) is 136 cm³/mol. The number of nitrogens with zero attached hydrogens (tertiary/aromatic N) is 2. The maximum Gasteiger partial charge on any atom is 0.246 e. The van der Waals surface area contributed by atoms with Gasteiger partial charge in [-0.3, -0.25) is 14.5 Å². The van der Waals surface area contributed by atoms with E-state index in [0.29, 0.717) is 26.1 Å². The molecule has 0 bridgehead atoms. The fourth-order valence-electron chi connectivity index (χ4n) is 5.66. The van der Waals surface area contributed by atoms with Crippen molar-refractivity contribution in [3.05, 3.63) is 83.6 Å². The standard InChI is InChI=1S/C29H29N3O3/c1-2-26-23(22-12-5-6-13-27(22)35-26)17-31-14-15-32-25(18-31)28(33)30-24(29(32)34)16-20-10-7-9-19-8-3-4-11-21(19)20/h3-13,24-25H,2,14-18H2,1H3,(H,30,33). The van der Waals surface area contributed by atoms with Crippen molar-refractivity contribution in [3.63, 3.8) is 0 Å². The number of amides is 2. The quantitative estimate of drug-likeness (QED) is 0.484. The predicted octanol–water partition coefficient (Wildman–Crippen LogP) is 3.90. The van der Waals surface area contributed by atoms with Gasteiger partial charge in [0.15, 0.2) is 0 Å². The van der Waals surface area contributed by atoms with Gasteiger partial charge in [0.2, 0.25) is 11.8 Å². The van der Waals surface area contributed by atoms with E-state index in [4.69, 9.17) is 4.42 Å². The van der Waals surface area contributed by atoms with Gasteiger partial charge in [0.25, 0.3) is 0 Å². The summed E-state index contributed by atoms with van der Waals surface area (Å²) in [7, 11) is 0. The molecule has 4 aromatic rings. The Morgan fingerprint density at radius 3 is 2.57 bits per heavy atom. The molecule has 2 aliphatic heterocycles. The van der Waals surface area contributed by atoms with Crippen molar-refractivity contribution in [3.8, 4) is 0 Å². The SMILES string of the molecule is CCc1oc2ccccc2c1CN1CCN2C(=O)C(Cc3cccc4ccccc34)NC(=O)C2C1. The number of carbonyl (C=O) groups is 2. The van der Waals surface area contributed by atoms with Crippen LogP contribution < -0.4 is 5.32 Å². The molecule has 6 heteroatoms. The first-order chi connectivity index (χ1) is 17.1. The van der Waals surface area contributed by atoms with E-state index < -0.39 is 12.1 Å². The number of para-hydroxylation sites is 1. The molecule has 0 radical (unpaired) electrons. The Bertz CT molecular complexity index is 1420. The fourth-order valence-corrected chi connectivity index (χ4v) is 5.66. The minimum atomic E-state index is -0.527. The lowest BCUT2D eigenvalue weighted by atomic mass is 9.95. The smallest absolute Gasteiger partial charge is 0.246 e. The van der Waals surface area contributed by atoms with Crippen LogP contribution in [0.15, 0.2) is 71.1 Å². The molecule has 2 aliphatic rings. The topological polar surface area (TPSA) is 65.8 Å². The first-order valence-electron chi connectivity index (χ1n) is 12.4. The number of hydrogen-bond donors (Lipinski definition) is 1. The van der Waals surface area contributed by atoms with Gasteiger partial charge in [-0.05, 0) is 22.4 Å². The van der Waals surface area contributed by atoms with E-state index in [2.05, 4.69) is 41.4 Å². The Morgan fingerprint density at radius 2 is 1.71 bits per heavy atom. The lowest BCUT2D eigenvalue weighted by molar-refractivity contribution is -0.153. The van der Waals surface area contributed by atoms with Crippen molar-refractivity contribution in [2.75, 3.05) is 19.6 Å². The van der Waals surface area contributed by atoms with E-state index in [1.165, 1.54) is 5.56 Å². The fraction of sp³-hybridized carbons (Fsp3) is 0.310. The van der Waals surface area contributed by atoms with Crippen LogP contribution in [0.3, 0.4) is 0 Å². The number of fused-ring (bicyclic) bond motifs is 3. The molecular formula is C29H29N3O3. The van der Waals surface area contributed by atoms with Gasteiger partial charge in [0, 0.05) is 50.0 Å². The molecule has 2 amide bonds. The first-order valence-corrected chi connectivity index (χ1v) is 12.4. The molecule has 2 unspecified atom stereocenters. The van der Waals surface area contributed by atoms with Crippen molar-refractivity contribution >= 4 is 33.6 Å². The lowest BCUT2D eigenvalue weighted by Gasteiger charge is -2.45. The average Bonchev–Trinajstić information content (AvgIpc) is 3.25. The zero-order valence-electron chi connectivity index (χ0n) is 19.9. The van der Waals surface area contributed by atoms with Gasteiger partial charge in [-0.1, -0.05) is 67.6 Å². The summed E-state index contributed by atoms with van der Waals surface area (Å²) >= 11 is 0. The van der Waals surface area contributed by atoms with Crippen LogP contribution in [0, 0.1) is 0 Å². The minimum absolute atomic E-state index is 0.0187. The summed E-state index contributed by atoms with van der Waals surface area (Å²) in [4.78, 5) is 30.7. The highest BCUT2D eigenvalue weighted by Gasteiger charge is 2.43. The number of nitrogens with one attached hydrogen (secondary N) is 1. The van der Waals surface area contributed by atoms with E-state index in [-0.39, 0.29) is 11.8 Å². The van der Waals surface area contributed by atoms with Crippen LogP contribution in [0.5, 0.6) is 0 Å². The van der Waals surface area contributed by atoms with Gasteiger partial charge in [-0.25, -0.2) is 0 Å². The summed E-state index contributed by atoms with van der Waals surface area (Å²) in [5, 5.41) is 6.44. The van der Waals surface area contributed by atoms with Crippen molar-refractivity contribution in [1.29, 1.82) is 0 Å². The van der Waals surface area contributed by atoms with E-state index >= 15 is 0 Å². The number of carbonyl (C=O) groups excluding carboxylic acids is 2. The van der Waals surface area contributed by atoms with Crippen LogP contribution in [-0.2, 0) is 29.0 Å². The third-order valence-electron chi connectivity index (χ3n) is 7.45. The van der Waals surface area contributed by atoms with Crippen molar-refractivity contribution < 1.29 is 14.0 Å². The molecule has 2 atom stereocenters. The number of furan rings is 1. The summed E-state index contributed by atoms with van der Waals surface area (Å²) < 4.78 is 6.07. The molecule has 0 spiro atoms. The molecule has 35 heavy (non-hydrogen) atoms. The minimum Gasteiger partial charge on any atom is -0.461 e. The molecule has 178 valence electrons. The molecule has 6 rings (SSSR count). The summed E-state index contributed by atoms with van der Waals surface area (Å²) in [5.74, 6) is 0.949. The van der Waals surface area contributed by atoms with Gasteiger partial charge in [-0.15, -0.1) is 0 Å². The molecule has 2 fully saturated rings. The lowest BCUT2D eigenvalue weighted by Crippen LogP contribution is -2.69. The van der Waals surface area contributed by atoms with Crippen LogP contribution in [-0.4, -0.2) is 53.3 Å². The van der Waals surface area contributed by atoms with Crippen LogP contribution >= 0.6 is 0 Å². The normalized spacial score (nSPS) is 20.9. The number of hydrogen-bond acceptors (Lipinski definition) is 4. The van der Waals surface area contributed by atoms with Gasteiger partial charge in [-0.2, -0.15) is 0 Å². The third kappa shape index (κ3) is 3.88. The van der Waals surface area contributed by atoms with E-state index in [9.17, 15) is 9.59 Å². The van der Waals surface area contributed by atoms with Gasteiger partial charge in [0.05, 0.1) is 0 Å². The zero-order chi connectivity index (χ0) is 23.9. The van der Waals surface area contributed by atoms with Gasteiger partial charge < -0.3 is 14.6 Å². The molecule has 3 aromatic carbocycles. The molecule has 3 heterocycles. The van der Waals surface area contributed by atoms with Crippen LogP contribution in [0.4, 0.5) is 0 Å². The molecule has 2 saturated heterocycles. The Morgan fingerprint density at radius 1 is 0.943 bits per heavy atom. The molecular weight excluding hydrogens is 438 g/mol. The first kappa shape index (κ1) is 21.9. The monoisotopic (exact) mass is 467 g/mol. The highest BCUT2D eigenvalue weighted by atomic mass is 16.3. The zero-order valence-corrected chi connectivity index (χ0v) is 19.9. The number of benzene rings is 3. The van der Waals surface area contributed by atoms with Gasteiger partial charge >= 0.3 is 0 Å². The van der Waals surface area contributed by atoms with Crippen molar-refractivity contribution in [2.45, 2.75) is 38.4 Å². The van der Waals surface area contributed by atoms with E-state index in [1.54, 1.807) is 4.90 Å². The highest BCUT2D eigenvalue weighted by Crippen LogP contribution is 2.29. The summed E-state index contributed by atoms with van der Waals surface area (Å²) in [6.45, 7) is 4.63. The largest absolute Gasteiger partial charge is 0.461 e. The molecule has 0 saturated carbocycles. The highest BCUT2D eigenvalue weighted by molar-refractivity contribution is 5.98. The van der Waals surface area contributed by atoms with Gasteiger partial charge in [0.1, 0.15) is 23.4 Å². The molecule has 1 aromatic heterocycles. The summed E-state index contributed by atoms with van der Waals surface area (Å²) in [6, 6.07) is 21.4. The van der Waals surface area contributed by atoms with Crippen molar-refractivity contribution in [1.82, 2.24) is 15.1 Å². The second-order valence-corrected chi connectivity index (χ2v) is 9.54. The number of aryl methyl sites for hydroxylation is 1. The van der Waals surface area contributed by atoms with Crippen LogP contribution in [0.1, 0.15) is 23.8 Å². The molecule has 0 aliphatic carbocycles. The Balaban J connectivity index is 1.19. The third-order valence-corrected chi connectivity index (χ3v) is 7.45. The van der Waals surface area contributed by atoms with Crippen LogP contribution in [0.25, 0.3) is 21.7 Å². The number of piperazine rings is 2.